The first-order chi connectivity index (χ1) is 6.09. The molecule has 0 atom stereocenters. The van der Waals surface area contributed by atoms with Gasteiger partial charge in [-0.2, -0.15) is 0 Å². The number of hydrogen-bond acceptors (Lipinski definition) is 0. The monoisotopic (exact) mass is 182 g/mol. The second kappa shape index (κ2) is 6.64. The fraction of sp³-hybridized carbons (Fsp3) is 0.500. The van der Waals surface area contributed by atoms with Crippen LogP contribution in [0.1, 0.15) is 34.1 Å². The van der Waals surface area contributed by atoms with Crippen LogP contribution in [-0.2, 0) is 0 Å². The van der Waals surface area contributed by atoms with E-state index in [4.69, 9.17) is 0 Å². The molecule has 0 aromatic heterocycles. The van der Waals surface area contributed by atoms with Gasteiger partial charge < -0.3 is 0 Å². The minimum Gasteiger partial charge on any atom is -0.207 e. The maximum absolute atomic E-state index is 13.2. The molecule has 74 valence electrons. The summed E-state index contributed by atoms with van der Waals surface area (Å²) in [6.45, 7) is 7.86. The molecule has 0 saturated carbocycles. The lowest BCUT2D eigenvalue weighted by molar-refractivity contribution is 0.619. The van der Waals surface area contributed by atoms with Gasteiger partial charge in [-0.1, -0.05) is 39.0 Å². The number of halogens is 1. The van der Waals surface area contributed by atoms with Crippen molar-refractivity contribution < 1.29 is 4.39 Å². The Morgan fingerprint density at radius 1 is 1.31 bits per heavy atom. The lowest BCUT2D eigenvalue weighted by atomic mass is 10.0. The molecule has 0 aliphatic carbocycles. The fourth-order valence-electron chi connectivity index (χ4n) is 0.762. The highest BCUT2D eigenvalue weighted by Crippen LogP contribution is 2.15. The maximum atomic E-state index is 13.2. The summed E-state index contributed by atoms with van der Waals surface area (Å²) in [4.78, 5) is 0. The molecule has 1 heteroatoms. The maximum Gasteiger partial charge on any atom is 0.122 e. The predicted octanol–water partition coefficient (Wildman–Crippen LogP) is 4.41. The fourth-order valence-corrected chi connectivity index (χ4v) is 0.762. The lowest BCUT2D eigenvalue weighted by Crippen LogP contribution is -1.90. The summed E-state index contributed by atoms with van der Waals surface area (Å²) >= 11 is 0. The molecule has 0 bridgehead atoms. The van der Waals surface area contributed by atoms with E-state index in [1.165, 1.54) is 6.08 Å². The van der Waals surface area contributed by atoms with Crippen molar-refractivity contribution in [1.82, 2.24) is 0 Å². The average Bonchev–Trinajstić information content (AvgIpc) is 2.10. The summed E-state index contributed by atoms with van der Waals surface area (Å²) in [5.74, 6) is 0.163. The third-order valence-corrected chi connectivity index (χ3v) is 1.97. The number of allylic oxidation sites excluding steroid dienone is 6. The van der Waals surface area contributed by atoms with E-state index in [9.17, 15) is 4.39 Å². The summed E-state index contributed by atoms with van der Waals surface area (Å²) in [6.07, 6.45) is 8.10. The molecule has 0 aliphatic rings. The quantitative estimate of drug-likeness (QED) is 0.565. The van der Waals surface area contributed by atoms with Crippen LogP contribution in [0.3, 0.4) is 0 Å². The highest BCUT2D eigenvalue weighted by Gasteiger charge is 2.01. The van der Waals surface area contributed by atoms with Gasteiger partial charge in [-0.15, -0.1) is 0 Å². The summed E-state index contributed by atoms with van der Waals surface area (Å²) < 4.78 is 13.2. The molecule has 0 spiro atoms. The molecular weight excluding hydrogens is 163 g/mol. The molecule has 0 aromatic carbocycles. The third kappa shape index (κ3) is 5.40. The van der Waals surface area contributed by atoms with Gasteiger partial charge in [0.1, 0.15) is 5.83 Å². The topological polar surface area (TPSA) is 0 Å². The molecule has 0 aromatic rings. The van der Waals surface area contributed by atoms with Gasteiger partial charge in [-0.25, -0.2) is 4.39 Å². The Bertz CT molecular complexity index is 219. The van der Waals surface area contributed by atoms with Crippen LogP contribution in [0.4, 0.5) is 4.39 Å². The highest BCUT2D eigenvalue weighted by molar-refractivity contribution is 5.22. The van der Waals surface area contributed by atoms with Gasteiger partial charge in [0.2, 0.25) is 0 Å². The molecule has 0 amide bonds. The Balaban J connectivity index is 4.27. The Morgan fingerprint density at radius 2 is 1.92 bits per heavy atom. The van der Waals surface area contributed by atoms with E-state index in [2.05, 4.69) is 6.92 Å². The van der Waals surface area contributed by atoms with Crippen molar-refractivity contribution in [3.63, 3.8) is 0 Å². The summed E-state index contributed by atoms with van der Waals surface area (Å²) in [5, 5.41) is 0. The SMILES string of the molecule is CC/C=C/C=C\C(F)=C(/C)C(C)C. The van der Waals surface area contributed by atoms with Crippen LogP contribution in [0.15, 0.2) is 35.7 Å². The van der Waals surface area contributed by atoms with Crippen LogP contribution in [0, 0.1) is 5.92 Å². The molecule has 0 saturated heterocycles. The Hall–Kier alpha value is -0.850. The molecular formula is C12H19F. The van der Waals surface area contributed by atoms with Gasteiger partial charge in [-0.05, 0) is 30.9 Å². The number of rotatable bonds is 4. The molecule has 0 nitrogen and oxygen atoms in total. The largest absolute Gasteiger partial charge is 0.207 e. The minimum absolute atomic E-state index is 0.115. The van der Waals surface area contributed by atoms with E-state index < -0.39 is 0 Å². The second-order valence-electron chi connectivity index (χ2n) is 3.38. The zero-order valence-electron chi connectivity index (χ0n) is 8.97. The molecule has 0 aliphatic heterocycles. The van der Waals surface area contributed by atoms with E-state index >= 15 is 0 Å². The van der Waals surface area contributed by atoms with Gasteiger partial charge >= 0.3 is 0 Å². The zero-order valence-corrected chi connectivity index (χ0v) is 8.97. The van der Waals surface area contributed by atoms with Crippen LogP contribution in [0.2, 0.25) is 0 Å². The summed E-state index contributed by atoms with van der Waals surface area (Å²) in [7, 11) is 0. The third-order valence-electron chi connectivity index (χ3n) is 1.97. The van der Waals surface area contributed by atoms with Crippen LogP contribution in [0.25, 0.3) is 0 Å². The smallest absolute Gasteiger partial charge is 0.122 e. The zero-order chi connectivity index (χ0) is 10.3. The first-order valence-electron chi connectivity index (χ1n) is 4.79. The average molecular weight is 182 g/mol. The van der Waals surface area contributed by atoms with Crippen molar-refractivity contribution in [2.75, 3.05) is 0 Å². The van der Waals surface area contributed by atoms with Crippen LogP contribution < -0.4 is 0 Å². The summed E-state index contributed by atoms with van der Waals surface area (Å²) in [6, 6.07) is 0. The lowest BCUT2D eigenvalue weighted by Gasteiger charge is -2.03. The molecule has 0 fully saturated rings. The predicted molar refractivity (Wildman–Crippen MR) is 57.2 cm³/mol. The van der Waals surface area contributed by atoms with Gasteiger partial charge in [0, 0.05) is 0 Å². The van der Waals surface area contributed by atoms with E-state index in [0.29, 0.717) is 0 Å². The highest BCUT2D eigenvalue weighted by atomic mass is 19.1. The first-order valence-corrected chi connectivity index (χ1v) is 4.79. The van der Waals surface area contributed by atoms with E-state index in [-0.39, 0.29) is 11.7 Å². The Morgan fingerprint density at radius 3 is 2.38 bits per heavy atom. The van der Waals surface area contributed by atoms with E-state index in [1.54, 1.807) is 6.08 Å². The van der Waals surface area contributed by atoms with Crippen molar-refractivity contribution in [3.05, 3.63) is 35.7 Å². The van der Waals surface area contributed by atoms with Crippen LogP contribution in [0.5, 0.6) is 0 Å². The van der Waals surface area contributed by atoms with Gasteiger partial charge in [0.05, 0.1) is 0 Å². The van der Waals surface area contributed by atoms with Crippen LogP contribution >= 0.6 is 0 Å². The van der Waals surface area contributed by atoms with E-state index in [0.717, 1.165) is 12.0 Å². The molecule has 0 radical (unpaired) electrons. The molecule has 0 N–H and O–H groups in total. The minimum atomic E-state index is -0.115. The standard InChI is InChI=1S/C12H19F/c1-5-6-7-8-9-12(13)11(4)10(2)3/h6-10H,5H2,1-4H3/b7-6+,9-8-,12-11-. The van der Waals surface area contributed by atoms with Crippen molar-refractivity contribution in [2.45, 2.75) is 34.1 Å². The van der Waals surface area contributed by atoms with Gasteiger partial charge in [0.25, 0.3) is 0 Å². The summed E-state index contributed by atoms with van der Waals surface area (Å²) in [5.41, 5.74) is 0.807. The van der Waals surface area contributed by atoms with Gasteiger partial charge in [0.15, 0.2) is 0 Å². The molecule has 0 rings (SSSR count). The Labute approximate surface area is 80.9 Å². The van der Waals surface area contributed by atoms with Crippen LogP contribution in [-0.4, -0.2) is 0 Å². The van der Waals surface area contributed by atoms with Gasteiger partial charge in [-0.3, -0.25) is 0 Å². The molecule has 0 unspecified atom stereocenters. The van der Waals surface area contributed by atoms with E-state index in [1.807, 2.05) is 32.9 Å². The number of hydrogen-bond donors (Lipinski definition) is 0. The first kappa shape index (κ1) is 12.2. The second-order valence-corrected chi connectivity index (χ2v) is 3.38. The van der Waals surface area contributed by atoms with Crippen molar-refractivity contribution in [3.8, 4) is 0 Å². The Kier molecular flexibility index (Phi) is 6.21. The van der Waals surface area contributed by atoms with Crippen molar-refractivity contribution in [1.29, 1.82) is 0 Å². The normalized spacial score (nSPS) is 14.6. The van der Waals surface area contributed by atoms with Crippen molar-refractivity contribution >= 4 is 0 Å². The van der Waals surface area contributed by atoms with Crippen molar-refractivity contribution in [2.24, 2.45) is 5.92 Å². The molecule has 13 heavy (non-hydrogen) atoms. The molecule has 0 heterocycles.